The zero-order valence-electron chi connectivity index (χ0n) is 28.0. The number of hydrogen-bond acceptors (Lipinski definition) is 5. The van der Waals surface area contributed by atoms with Crippen LogP contribution in [-0.4, -0.2) is 15.0 Å². The van der Waals surface area contributed by atoms with Crippen LogP contribution in [0.4, 0.5) is 0 Å². The molecule has 11 rings (SSSR count). The molecule has 0 bridgehead atoms. The predicted octanol–water partition coefficient (Wildman–Crippen LogP) is 13.2. The van der Waals surface area contributed by atoms with E-state index in [4.69, 9.17) is 19.4 Å². The standard InChI is InChI=1S/C47H29N3OS/c1-2-12-28(13-3-1)45-48-46(38-27-29-14-4-5-15-31(29)33-16-6-7-17-34(33)38)50-47(49-45)44-32(23-24-40-43(44)36-19-8-10-20-39(36)51-40)30-22-25-42-37(26-30)35-18-9-11-21-41(35)52-42/h1-2,4-12,14-27H,3,13H2. The van der Waals surface area contributed by atoms with Gasteiger partial charge in [0, 0.05) is 42.1 Å². The highest BCUT2D eigenvalue weighted by molar-refractivity contribution is 7.25. The fourth-order valence-electron chi connectivity index (χ4n) is 7.96. The Morgan fingerprint density at radius 3 is 2.13 bits per heavy atom. The topological polar surface area (TPSA) is 51.8 Å². The maximum Gasteiger partial charge on any atom is 0.165 e. The van der Waals surface area contributed by atoms with Crippen molar-refractivity contribution in [2.45, 2.75) is 12.8 Å². The van der Waals surface area contributed by atoms with Crippen molar-refractivity contribution in [3.05, 3.63) is 158 Å². The number of hydrogen-bond donors (Lipinski definition) is 0. The van der Waals surface area contributed by atoms with E-state index in [0.29, 0.717) is 17.5 Å². The molecule has 3 heterocycles. The van der Waals surface area contributed by atoms with Gasteiger partial charge in [-0.25, -0.2) is 15.0 Å². The smallest absolute Gasteiger partial charge is 0.165 e. The minimum absolute atomic E-state index is 0.634. The number of fused-ring (bicyclic) bond motifs is 9. The fourth-order valence-corrected chi connectivity index (χ4v) is 9.05. The summed E-state index contributed by atoms with van der Waals surface area (Å²) in [6.45, 7) is 0. The quantitative estimate of drug-likeness (QED) is 0.173. The third-order valence-corrected chi connectivity index (χ3v) is 11.6. The van der Waals surface area contributed by atoms with Crippen molar-refractivity contribution >= 4 is 80.6 Å². The van der Waals surface area contributed by atoms with Crippen LogP contribution in [-0.2, 0) is 0 Å². The van der Waals surface area contributed by atoms with E-state index in [9.17, 15) is 0 Å². The largest absolute Gasteiger partial charge is 0.456 e. The third kappa shape index (κ3) is 4.56. The highest BCUT2D eigenvalue weighted by Crippen LogP contribution is 2.45. The first-order chi connectivity index (χ1) is 25.8. The van der Waals surface area contributed by atoms with Crippen LogP contribution >= 0.6 is 11.3 Å². The second kappa shape index (κ2) is 11.6. The zero-order chi connectivity index (χ0) is 34.2. The molecule has 0 spiro atoms. The Bertz CT molecular complexity index is 3150. The van der Waals surface area contributed by atoms with Gasteiger partial charge in [0.1, 0.15) is 11.2 Å². The summed E-state index contributed by atoms with van der Waals surface area (Å²) in [6, 6.07) is 47.4. The summed E-state index contributed by atoms with van der Waals surface area (Å²) >= 11 is 1.83. The van der Waals surface area contributed by atoms with E-state index < -0.39 is 0 Å². The third-order valence-electron chi connectivity index (χ3n) is 10.4. The number of furan rings is 1. The summed E-state index contributed by atoms with van der Waals surface area (Å²) in [7, 11) is 0. The van der Waals surface area contributed by atoms with Crippen molar-refractivity contribution in [2.24, 2.45) is 0 Å². The van der Waals surface area contributed by atoms with Gasteiger partial charge in [0.15, 0.2) is 17.5 Å². The van der Waals surface area contributed by atoms with Gasteiger partial charge in [-0.15, -0.1) is 11.3 Å². The molecule has 0 amide bonds. The van der Waals surface area contributed by atoms with E-state index >= 15 is 0 Å². The second-order valence-corrected chi connectivity index (χ2v) is 14.5. The van der Waals surface area contributed by atoms with E-state index in [1.807, 2.05) is 23.5 Å². The van der Waals surface area contributed by atoms with Gasteiger partial charge in [0.2, 0.25) is 0 Å². The van der Waals surface area contributed by atoms with Crippen molar-refractivity contribution in [3.63, 3.8) is 0 Å². The minimum atomic E-state index is 0.634. The Hall–Kier alpha value is -6.43. The van der Waals surface area contributed by atoms with Crippen LogP contribution in [0.3, 0.4) is 0 Å². The lowest BCUT2D eigenvalue weighted by Gasteiger charge is -2.16. The van der Waals surface area contributed by atoms with Gasteiger partial charge in [-0.1, -0.05) is 109 Å². The van der Waals surface area contributed by atoms with Crippen molar-refractivity contribution < 1.29 is 4.42 Å². The van der Waals surface area contributed by atoms with Crippen molar-refractivity contribution in [2.75, 3.05) is 0 Å². The molecule has 0 saturated carbocycles. The lowest BCUT2D eigenvalue weighted by atomic mass is 9.93. The first kappa shape index (κ1) is 29.3. The number of thiophene rings is 1. The molecule has 0 N–H and O–H groups in total. The molecule has 5 heteroatoms. The van der Waals surface area contributed by atoms with Gasteiger partial charge >= 0.3 is 0 Å². The van der Waals surface area contributed by atoms with E-state index in [-0.39, 0.29) is 0 Å². The monoisotopic (exact) mass is 683 g/mol. The summed E-state index contributed by atoms with van der Waals surface area (Å²) in [4.78, 5) is 16.1. The van der Waals surface area contributed by atoms with Gasteiger partial charge < -0.3 is 4.42 Å². The molecular weight excluding hydrogens is 655 g/mol. The molecule has 4 nitrogen and oxygen atoms in total. The normalized spacial score (nSPS) is 13.3. The van der Waals surface area contributed by atoms with Crippen molar-refractivity contribution in [3.8, 4) is 33.9 Å². The molecule has 0 radical (unpaired) electrons. The molecule has 1 aliphatic rings. The summed E-state index contributed by atoms with van der Waals surface area (Å²) in [6.07, 6.45) is 8.28. The Kier molecular flexibility index (Phi) is 6.51. The number of rotatable bonds is 4. The lowest BCUT2D eigenvalue weighted by molar-refractivity contribution is 0.669. The van der Waals surface area contributed by atoms with Crippen LogP contribution in [0, 0.1) is 0 Å². The van der Waals surface area contributed by atoms with Crippen molar-refractivity contribution in [1.29, 1.82) is 0 Å². The SMILES string of the molecule is C1=CCCC(c2nc(-c3cc4ccccc4c4ccccc34)nc(-c3c(-c4ccc5sc6ccccc6c5c4)ccc4oc5ccccc5c34)n2)=C1. The molecule has 3 aromatic heterocycles. The Labute approximate surface area is 303 Å². The van der Waals surface area contributed by atoms with Crippen LogP contribution in [0.25, 0.3) is 103 Å². The minimum Gasteiger partial charge on any atom is -0.456 e. The molecule has 52 heavy (non-hydrogen) atoms. The summed E-state index contributed by atoms with van der Waals surface area (Å²) < 4.78 is 9.06. The van der Waals surface area contributed by atoms with Gasteiger partial charge in [-0.2, -0.15) is 0 Å². The van der Waals surface area contributed by atoms with Gasteiger partial charge in [0.25, 0.3) is 0 Å². The highest BCUT2D eigenvalue weighted by atomic mass is 32.1. The number of para-hydroxylation sites is 1. The van der Waals surface area contributed by atoms with Crippen LogP contribution in [0.5, 0.6) is 0 Å². The van der Waals surface area contributed by atoms with Gasteiger partial charge in [0.05, 0.1) is 0 Å². The summed E-state index contributed by atoms with van der Waals surface area (Å²) in [5.74, 6) is 2.00. The molecule has 7 aromatic carbocycles. The zero-order valence-corrected chi connectivity index (χ0v) is 28.8. The maximum atomic E-state index is 6.50. The number of benzene rings is 7. The molecule has 0 atom stereocenters. The first-order valence-electron chi connectivity index (χ1n) is 17.7. The van der Waals surface area contributed by atoms with Crippen molar-refractivity contribution in [1.82, 2.24) is 15.0 Å². The molecule has 0 aliphatic heterocycles. The Morgan fingerprint density at radius 2 is 1.25 bits per heavy atom. The molecule has 1 aliphatic carbocycles. The van der Waals surface area contributed by atoms with Crippen LogP contribution in [0.15, 0.2) is 156 Å². The Morgan fingerprint density at radius 1 is 0.519 bits per heavy atom. The molecular formula is C47H29N3OS. The molecule has 10 aromatic rings. The fraction of sp³-hybridized carbons (Fsp3) is 0.0426. The molecule has 0 unspecified atom stereocenters. The van der Waals surface area contributed by atoms with E-state index in [2.05, 4.69) is 140 Å². The Balaban J connectivity index is 1.25. The summed E-state index contributed by atoms with van der Waals surface area (Å²) in [5.41, 5.74) is 6.85. The molecule has 244 valence electrons. The predicted molar refractivity (Wildman–Crippen MR) is 218 cm³/mol. The van der Waals surface area contributed by atoms with E-state index in [1.54, 1.807) is 0 Å². The highest BCUT2D eigenvalue weighted by Gasteiger charge is 2.24. The molecule has 0 saturated heterocycles. The van der Waals surface area contributed by atoms with Gasteiger partial charge in [-0.05, 0) is 93.6 Å². The number of aromatic nitrogens is 3. The average Bonchev–Trinajstić information content (AvgIpc) is 3.78. The van der Waals surface area contributed by atoms with Crippen LogP contribution in [0.1, 0.15) is 18.7 Å². The molecule has 0 fully saturated rings. The number of nitrogens with zero attached hydrogens (tertiary/aromatic N) is 3. The summed E-state index contributed by atoms with van der Waals surface area (Å²) in [5, 5.41) is 9.22. The first-order valence-corrected chi connectivity index (χ1v) is 18.5. The van der Waals surface area contributed by atoms with Crippen LogP contribution < -0.4 is 0 Å². The van der Waals surface area contributed by atoms with Gasteiger partial charge in [-0.3, -0.25) is 0 Å². The van der Waals surface area contributed by atoms with Crippen LogP contribution in [0.2, 0.25) is 0 Å². The lowest BCUT2D eigenvalue weighted by Crippen LogP contribution is -2.05. The average molecular weight is 684 g/mol. The maximum absolute atomic E-state index is 6.50. The number of allylic oxidation sites excluding steroid dienone is 4. The van der Waals surface area contributed by atoms with E-state index in [0.717, 1.165) is 73.4 Å². The second-order valence-electron chi connectivity index (χ2n) is 13.4. The van der Waals surface area contributed by atoms with E-state index in [1.165, 1.54) is 30.9 Å².